The van der Waals surface area contributed by atoms with E-state index >= 15 is 0 Å². The van der Waals surface area contributed by atoms with Gasteiger partial charge in [-0.2, -0.15) is 0 Å². The number of amides is 1. The number of aryl methyl sites for hydroxylation is 1. The highest BCUT2D eigenvalue weighted by atomic mass is 127. The molecule has 2 fully saturated rings. The van der Waals surface area contributed by atoms with Gasteiger partial charge in [-0.3, -0.25) is 9.69 Å². The molecule has 2 saturated heterocycles. The van der Waals surface area contributed by atoms with Crippen LogP contribution in [-0.4, -0.2) is 93.7 Å². The minimum atomic E-state index is 0. The Bertz CT molecular complexity index is 678. The quantitative estimate of drug-likeness (QED) is 0.354. The van der Waals surface area contributed by atoms with Crippen LogP contribution in [0.1, 0.15) is 37.8 Å². The number of piperidine rings is 1. The smallest absolute Gasteiger partial charge is 0.236 e. The van der Waals surface area contributed by atoms with E-state index in [0.717, 1.165) is 76.3 Å². The van der Waals surface area contributed by atoms with Crippen molar-refractivity contribution in [3.05, 3.63) is 11.6 Å². The molecule has 0 radical (unpaired) electrons. The van der Waals surface area contributed by atoms with Crippen molar-refractivity contribution in [2.75, 3.05) is 52.4 Å². The number of aromatic nitrogens is 3. The first kappa shape index (κ1) is 23.8. The second kappa shape index (κ2) is 11.7. The highest BCUT2D eigenvalue weighted by Gasteiger charge is 2.24. The lowest BCUT2D eigenvalue weighted by molar-refractivity contribution is -0.133. The molecule has 0 aliphatic carbocycles. The summed E-state index contributed by atoms with van der Waals surface area (Å²) in [5.74, 6) is 2.94. The SMILES string of the molecule is CCNC(=NCc1nnc(C)n1C)N1CCN(CC(=O)N2CCCCC2)CC1.I. The average Bonchev–Trinajstić information content (AvgIpc) is 3.04. The van der Waals surface area contributed by atoms with Gasteiger partial charge in [0, 0.05) is 52.9 Å². The fourth-order valence-electron chi connectivity index (χ4n) is 3.71. The number of carbonyl (C=O) groups excluding carboxylic acids is 1. The topological polar surface area (TPSA) is 81.9 Å². The third-order valence-corrected chi connectivity index (χ3v) is 5.63. The van der Waals surface area contributed by atoms with E-state index in [1.54, 1.807) is 0 Å². The molecule has 1 aromatic heterocycles. The van der Waals surface area contributed by atoms with Crippen LogP contribution in [0.15, 0.2) is 4.99 Å². The molecular weight excluding hydrogens is 483 g/mol. The van der Waals surface area contributed by atoms with Crippen molar-refractivity contribution in [2.45, 2.75) is 39.7 Å². The number of halogens is 1. The molecule has 1 N–H and O–H groups in total. The second-order valence-electron chi connectivity index (χ2n) is 7.60. The highest BCUT2D eigenvalue weighted by molar-refractivity contribution is 14.0. The number of nitrogens with one attached hydrogen (secondary N) is 1. The van der Waals surface area contributed by atoms with Crippen molar-refractivity contribution in [2.24, 2.45) is 12.0 Å². The molecule has 0 aromatic carbocycles. The van der Waals surface area contributed by atoms with Crippen LogP contribution < -0.4 is 5.32 Å². The van der Waals surface area contributed by atoms with Crippen LogP contribution in [0.2, 0.25) is 0 Å². The predicted octanol–water partition coefficient (Wildman–Crippen LogP) is 0.837. The molecule has 10 heteroatoms. The molecule has 0 saturated carbocycles. The molecule has 0 unspecified atom stereocenters. The summed E-state index contributed by atoms with van der Waals surface area (Å²) in [6.07, 6.45) is 3.54. The molecule has 3 rings (SSSR count). The van der Waals surface area contributed by atoms with Crippen molar-refractivity contribution in [1.29, 1.82) is 0 Å². The Morgan fingerprint density at radius 3 is 2.31 bits per heavy atom. The van der Waals surface area contributed by atoms with Gasteiger partial charge in [-0.05, 0) is 33.1 Å². The Labute approximate surface area is 190 Å². The Hall–Kier alpha value is -1.43. The van der Waals surface area contributed by atoms with E-state index in [2.05, 4.69) is 32.2 Å². The van der Waals surface area contributed by atoms with E-state index in [9.17, 15) is 4.79 Å². The first-order valence-electron chi connectivity index (χ1n) is 10.5. The number of rotatable bonds is 5. The minimum Gasteiger partial charge on any atom is -0.357 e. The summed E-state index contributed by atoms with van der Waals surface area (Å²) in [6, 6.07) is 0. The lowest BCUT2D eigenvalue weighted by Gasteiger charge is -2.37. The van der Waals surface area contributed by atoms with Gasteiger partial charge in [0.2, 0.25) is 5.91 Å². The van der Waals surface area contributed by atoms with Gasteiger partial charge in [0.1, 0.15) is 12.4 Å². The third kappa shape index (κ3) is 6.53. The number of piperazine rings is 1. The highest BCUT2D eigenvalue weighted by Crippen LogP contribution is 2.10. The standard InChI is InChI=1S/C19H34N8O.HI/c1-4-20-19(21-14-17-23-22-16(2)24(17)3)27-12-10-25(11-13-27)15-18(28)26-8-6-5-7-9-26;/h4-15H2,1-3H3,(H,20,21);1H. The Morgan fingerprint density at radius 2 is 1.72 bits per heavy atom. The van der Waals surface area contributed by atoms with Crippen LogP contribution in [0.3, 0.4) is 0 Å². The van der Waals surface area contributed by atoms with Gasteiger partial charge < -0.3 is 19.7 Å². The zero-order valence-electron chi connectivity index (χ0n) is 17.9. The number of likely N-dealkylation sites (tertiary alicyclic amines) is 1. The molecule has 9 nitrogen and oxygen atoms in total. The van der Waals surface area contributed by atoms with Gasteiger partial charge in [-0.1, -0.05) is 0 Å². The van der Waals surface area contributed by atoms with E-state index in [1.165, 1.54) is 6.42 Å². The maximum Gasteiger partial charge on any atom is 0.236 e. The second-order valence-corrected chi connectivity index (χ2v) is 7.60. The van der Waals surface area contributed by atoms with Crippen LogP contribution >= 0.6 is 24.0 Å². The van der Waals surface area contributed by atoms with Gasteiger partial charge in [0.15, 0.2) is 11.8 Å². The van der Waals surface area contributed by atoms with Gasteiger partial charge in [0.05, 0.1) is 6.54 Å². The summed E-state index contributed by atoms with van der Waals surface area (Å²) in [5, 5.41) is 11.7. The van der Waals surface area contributed by atoms with Crippen molar-refractivity contribution < 1.29 is 4.79 Å². The first-order valence-corrected chi connectivity index (χ1v) is 10.5. The summed E-state index contributed by atoms with van der Waals surface area (Å²) >= 11 is 0. The number of hydrogen-bond donors (Lipinski definition) is 1. The summed E-state index contributed by atoms with van der Waals surface area (Å²) < 4.78 is 1.97. The number of aliphatic imine (C=N–C) groups is 1. The lowest BCUT2D eigenvalue weighted by Crippen LogP contribution is -2.54. The van der Waals surface area contributed by atoms with E-state index < -0.39 is 0 Å². The number of nitrogens with zero attached hydrogens (tertiary/aromatic N) is 7. The molecule has 29 heavy (non-hydrogen) atoms. The lowest BCUT2D eigenvalue weighted by atomic mass is 10.1. The number of carbonyl (C=O) groups is 1. The van der Waals surface area contributed by atoms with Gasteiger partial charge in [-0.15, -0.1) is 34.2 Å². The van der Waals surface area contributed by atoms with Gasteiger partial charge >= 0.3 is 0 Å². The fraction of sp³-hybridized carbons (Fsp3) is 0.789. The monoisotopic (exact) mass is 518 g/mol. The minimum absolute atomic E-state index is 0. The zero-order chi connectivity index (χ0) is 19.9. The molecule has 0 atom stereocenters. The third-order valence-electron chi connectivity index (χ3n) is 5.63. The maximum absolute atomic E-state index is 12.5. The Balaban J connectivity index is 0.00000300. The van der Waals surface area contributed by atoms with E-state index in [0.29, 0.717) is 13.1 Å². The summed E-state index contributed by atoms with van der Waals surface area (Å²) in [7, 11) is 1.96. The van der Waals surface area contributed by atoms with Crippen LogP contribution in [0.5, 0.6) is 0 Å². The predicted molar refractivity (Wildman–Crippen MR) is 124 cm³/mol. The molecule has 0 bridgehead atoms. The summed E-state index contributed by atoms with van der Waals surface area (Å²) in [6.45, 7) is 11.3. The van der Waals surface area contributed by atoms with Crippen molar-refractivity contribution >= 4 is 35.8 Å². The molecule has 2 aliphatic rings. The van der Waals surface area contributed by atoms with Crippen LogP contribution in [0, 0.1) is 6.92 Å². The average molecular weight is 518 g/mol. The summed E-state index contributed by atoms with van der Waals surface area (Å²) in [5.41, 5.74) is 0. The molecule has 164 valence electrons. The molecule has 1 aromatic rings. The first-order chi connectivity index (χ1) is 13.6. The molecule has 3 heterocycles. The maximum atomic E-state index is 12.5. The largest absolute Gasteiger partial charge is 0.357 e. The van der Waals surface area contributed by atoms with Gasteiger partial charge in [-0.25, -0.2) is 4.99 Å². The summed E-state index contributed by atoms with van der Waals surface area (Å²) in [4.78, 5) is 23.8. The normalized spacial score (nSPS) is 18.5. The molecule has 0 spiro atoms. The van der Waals surface area contributed by atoms with Crippen LogP contribution in [0.25, 0.3) is 0 Å². The Kier molecular flexibility index (Phi) is 9.60. The van der Waals surface area contributed by atoms with Crippen molar-refractivity contribution in [3.63, 3.8) is 0 Å². The van der Waals surface area contributed by atoms with E-state index in [-0.39, 0.29) is 29.9 Å². The molecule has 2 aliphatic heterocycles. The number of guanidine groups is 1. The van der Waals surface area contributed by atoms with E-state index in [4.69, 9.17) is 4.99 Å². The van der Waals surface area contributed by atoms with Crippen molar-refractivity contribution in [1.82, 2.24) is 34.8 Å². The van der Waals surface area contributed by atoms with E-state index in [1.807, 2.05) is 23.4 Å². The Morgan fingerprint density at radius 1 is 1.03 bits per heavy atom. The van der Waals surface area contributed by atoms with Crippen LogP contribution in [-0.2, 0) is 18.4 Å². The fourth-order valence-corrected chi connectivity index (χ4v) is 3.71. The van der Waals surface area contributed by atoms with Crippen LogP contribution in [0.4, 0.5) is 0 Å². The van der Waals surface area contributed by atoms with Gasteiger partial charge in [0.25, 0.3) is 0 Å². The van der Waals surface area contributed by atoms with Crippen molar-refractivity contribution in [3.8, 4) is 0 Å². The molecule has 1 amide bonds. The zero-order valence-corrected chi connectivity index (χ0v) is 20.3. The molecular formula is C19H35IN8O. The number of hydrogen-bond acceptors (Lipinski definition) is 5.